The molecule has 0 saturated carbocycles. The number of carbonyl (C=O) groups is 2. The standard InChI is InChI=1S/C17H15Cl2N3O2/c1-10-3-5-13(7-11(10)2)21-16(23)17(24)22-20-9-12-4-6-14(18)15(19)8-12/h3-9H,1-2H3,(H,21,23)(H,22,24). The van der Waals surface area contributed by atoms with Crippen LogP contribution in [0.25, 0.3) is 0 Å². The maximum Gasteiger partial charge on any atom is 0.329 e. The number of carbonyl (C=O) groups excluding carboxylic acids is 2. The molecule has 0 heterocycles. The molecule has 0 unspecified atom stereocenters. The van der Waals surface area contributed by atoms with Crippen LogP contribution in [0.5, 0.6) is 0 Å². The summed E-state index contributed by atoms with van der Waals surface area (Å²) in [7, 11) is 0. The zero-order valence-electron chi connectivity index (χ0n) is 13.1. The lowest BCUT2D eigenvalue weighted by atomic mass is 10.1. The van der Waals surface area contributed by atoms with Crippen molar-refractivity contribution in [2.24, 2.45) is 5.10 Å². The van der Waals surface area contributed by atoms with Crippen molar-refractivity contribution in [3.8, 4) is 0 Å². The van der Waals surface area contributed by atoms with E-state index in [1.165, 1.54) is 6.21 Å². The maximum atomic E-state index is 11.8. The van der Waals surface area contributed by atoms with Crippen molar-refractivity contribution >= 4 is 46.9 Å². The van der Waals surface area contributed by atoms with Crippen molar-refractivity contribution in [3.63, 3.8) is 0 Å². The van der Waals surface area contributed by atoms with E-state index in [9.17, 15) is 9.59 Å². The maximum absolute atomic E-state index is 11.8. The van der Waals surface area contributed by atoms with Gasteiger partial charge >= 0.3 is 11.8 Å². The number of nitrogens with one attached hydrogen (secondary N) is 2. The van der Waals surface area contributed by atoms with Crippen molar-refractivity contribution in [3.05, 3.63) is 63.1 Å². The molecule has 0 aliphatic rings. The van der Waals surface area contributed by atoms with Gasteiger partial charge in [-0.15, -0.1) is 0 Å². The lowest BCUT2D eigenvalue weighted by Crippen LogP contribution is -2.32. The molecular weight excluding hydrogens is 349 g/mol. The summed E-state index contributed by atoms with van der Waals surface area (Å²) in [6, 6.07) is 10.3. The number of hydrogen-bond acceptors (Lipinski definition) is 3. The van der Waals surface area contributed by atoms with Crippen LogP contribution in [0, 0.1) is 13.8 Å². The Morgan fingerprint density at radius 3 is 2.38 bits per heavy atom. The molecule has 7 heteroatoms. The van der Waals surface area contributed by atoms with E-state index in [-0.39, 0.29) is 0 Å². The molecule has 0 atom stereocenters. The normalized spacial score (nSPS) is 10.7. The summed E-state index contributed by atoms with van der Waals surface area (Å²) in [5.74, 6) is -1.67. The van der Waals surface area contributed by atoms with Crippen LogP contribution in [-0.4, -0.2) is 18.0 Å². The van der Waals surface area contributed by atoms with Crippen LogP contribution < -0.4 is 10.7 Å². The zero-order chi connectivity index (χ0) is 17.7. The molecule has 2 amide bonds. The van der Waals surface area contributed by atoms with Gasteiger partial charge in [0.1, 0.15) is 0 Å². The summed E-state index contributed by atoms with van der Waals surface area (Å²) in [4.78, 5) is 23.5. The molecule has 2 aromatic carbocycles. The highest BCUT2D eigenvalue weighted by Crippen LogP contribution is 2.21. The highest BCUT2D eigenvalue weighted by molar-refractivity contribution is 6.42. The van der Waals surface area contributed by atoms with Gasteiger partial charge in [0, 0.05) is 5.69 Å². The third-order valence-electron chi connectivity index (χ3n) is 3.29. The number of anilines is 1. The third kappa shape index (κ3) is 4.81. The van der Waals surface area contributed by atoms with Gasteiger partial charge in [0.15, 0.2) is 0 Å². The predicted octanol–water partition coefficient (Wildman–Crippen LogP) is 3.70. The number of aryl methyl sites for hydroxylation is 2. The first-order valence-corrected chi connectivity index (χ1v) is 7.79. The number of hydrogen-bond donors (Lipinski definition) is 2. The second-order valence-electron chi connectivity index (χ2n) is 5.13. The largest absolute Gasteiger partial charge is 0.329 e. The Labute approximate surface area is 149 Å². The average molecular weight is 364 g/mol. The molecule has 0 radical (unpaired) electrons. The van der Waals surface area contributed by atoms with Crippen LogP contribution in [-0.2, 0) is 9.59 Å². The van der Waals surface area contributed by atoms with Crippen LogP contribution in [0.15, 0.2) is 41.5 Å². The Bertz CT molecular complexity index is 819. The lowest BCUT2D eigenvalue weighted by molar-refractivity contribution is -0.136. The molecule has 2 rings (SSSR count). The first kappa shape index (κ1) is 18.0. The van der Waals surface area contributed by atoms with Gasteiger partial charge in [-0.05, 0) is 54.8 Å². The summed E-state index contributed by atoms with van der Waals surface area (Å²) in [5, 5.41) is 7.03. The molecular formula is C17H15Cl2N3O2. The van der Waals surface area contributed by atoms with E-state index in [0.717, 1.165) is 11.1 Å². The highest BCUT2D eigenvalue weighted by Gasteiger charge is 2.13. The van der Waals surface area contributed by atoms with E-state index in [1.807, 2.05) is 19.9 Å². The average Bonchev–Trinajstić information content (AvgIpc) is 2.54. The first-order chi connectivity index (χ1) is 11.4. The number of halogens is 2. The smallest absolute Gasteiger partial charge is 0.318 e. The minimum atomic E-state index is -0.871. The highest BCUT2D eigenvalue weighted by atomic mass is 35.5. The second kappa shape index (κ2) is 7.95. The molecule has 0 bridgehead atoms. The molecule has 0 saturated heterocycles. The topological polar surface area (TPSA) is 70.6 Å². The van der Waals surface area contributed by atoms with Crippen LogP contribution in [0.4, 0.5) is 5.69 Å². The van der Waals surface area contributed by atoms with Crippen LogP contribution in [0.2, 0.25) is 10.0 Å². The Morgan fingerprint density at radius 2 is 1.71 bits per heavy atom. The Morgan fingerprint density at radius 1 is 0.958 bits per heavy atom. The predicted molar refractivity (Wildman–Crippen MR) is 96.7 cm³/mol. The van der Waals surface area contributed by atoms with E-state index in [1.54, 1.807) is 30.3 Å². The van der Waals surface area contributed by atoms with Crippen LogP contribution in [0.3, 0.4) is 0 Å². The lowest BCUT2D eigenvalue weighted by Gasteiger charge is -2.06. The second-order valence-corrected chi connectivity index (χ2v) is 5.94. The summed E-state index contributed by atoms with van der Waals surface area (Å²) in [6.45, 7) is 3.89. The monoisotopic (exact) mass is 363 g/mol. The number of rotatable bonds is 3. The molecule has 0 aliphatic carbocycles. The van der Waals surface area contributed by atoms with Crippen molar-refractivity contribution < 1.29 is 9.59 Å². The van der Waals surface area contributed by atoms with Gasteiger partial charge in [0.25, 0.3) is 0 Å². The Kier molecular flexibility index (Phi) is 5.95. The molecule has 0 aromatic heterocycles. The number of nitrogens with zero attached hydrogens (tertiary/aromatic N) is 1. The molecule has 2 N–H and O–H groups in total. The molecule has 2 aromatic rings. The number of amides is 2. The summed E-state index contributed by atoms with van der Waals surface area (Å²) >= 11 is 11.7. The summed E-state index contributed by atoms with van der Waals surface area (Å²) in [5.41, 5.74) is 5.46. The van der Waals surface area contributed by atoms with E-state index >= 15 is 0 Å². The molecule has 0 spiro atoms. The minimum Gasteiger partial charge on any atom is -0.318 e. The van der Waals surface area contributed by atoms with E-state index in [4.69, 9.17) is 23.2 Å². The quantitative estimate of drug-likeness (QED) is 0.495. The SMILES string of the molecule is Cc1ccc(NC(=O)C(=O)NN=Cc2ccc(Cl)c(Cl)c2)cc1C. The van der Waals surface area contributed by atoms with Gasteiger partial charge in [-0.2, -0.15) is 5.10 Å². The first-order valence-electron chi connectivity index (χ1n) is 7.03. The summed E-state index contributed by atoms with van der Waals surface area (Å²) in [6.07, 6.45) is 1.36. The van der Waals surface area contributed by atoms with Crippen LogP contribution >= 0.6 is 23.2 Å². The van der Waals surface area contributed by atoms with Gasteiger partial charge in [-0.1, -0.05) is 35.3 Å². The van der Waals surface area contributed by atoms with E-state index in [2.05, 4.69) is 15.8 Å². The molecule has 5 nitrogen and oxygen atoms in total. The Balaban J connectivity index is 1.93. The van der Waals surface area contributed by atoms with Gasteiger partial charge in [0.2, 0.25) is 0 Å². The van der Waals surface area contributed by atoms with Gasteiger partial charge in [-0.25, -0.2) is 5.43 Å². The van der Waals surface area contributed by atoms with Crippen molar-refractivity contribution in [1.29, 1.82) is 0 Å². The van der Waals surface area contributed by atoms with Crippen molar-refractivity contribution in [2.45, 2.75) is 13.8 Å². The number of benzene rings is 2. The fourth-order valence-electron chi connectivity index (χ4n) is 1.82. The Hall–Kier alpha value is -2.37. The molecule has 24 heavy (non-hydrogen) atoms. The van der Waals surface area contributed by atoms with E-state index in [0.29, 0.717) is 21.3 Å². The third-order valence-corrected chi connectivity index (χ3v) is 4.03. The summed E-state index contributed by atoms with van der Waals surface area (Å²) < 4.78 is 0. The molecule has 0 fully saturated rings. The van der Waals surface area contributed by atoms with Crippen LogP contribution in [0.1, 0.15) is 16.7 Å². The zero-order valence-corrected chi connectivity index (χ0v) is 14.6. The molecule has 0 aliphatic heterocycles. The number of hydrazone groups is 1. The fourth-order valence-corrected chi connectivity index (χ4v) is 2.12. The van der Waals surface area contributed by atoms with Crippen molar-refractivity contribution in [2.75, 3.05) is 5.32 Å². The molecule has 124 valence electrons. The fraction of sp³-hybridized carbons (Fsp3) is 0.118. The van der Waals surface area contributed by atoms with Crippen molar-refractivity contribution in [1.82, 2.24) is 5.43 Å². The van der Waals surface area contributed by atoms with Gasteiger partial charge in [-0.3, -0.25) is 9.59 Å². The van der Waals surface area contributed by atoms with E-state index < -0.39 is 11.8 Å². The van der Waals surface area contributed by atoms with Gasteiger partial charge in [0.05, 0.1) is 16.3 Å². The minimum absolute atomic E-state index is 0.374. The van der Waals surface area contributed by atoms with Gasteiger partial charge < -0.3 is 5.32 Å².